The molecule has 0 saturated carbocycles. The molecule has 0 aliphatic rings. The van der Waals surface area contributed by atoms with Crippen molar-refractivity contribution in [1.29, 1.82) is 0 Å². The third-order valence-electron chi connectivity index (χ3n) is 2.32. The van der Waals surface area contributed by atoms with Crippen LogP contribution in [0.15, 0.2) is 6.20 Å². The Morgan fingerprint density at radius 2 is 2.12 bits per heavy atom. The van der Waals surface area contributed by atoms with E-state index in [1.807, 2.05) is 18.7 Å². The molecule has 0 aliphatic carbocycles. The van der Waals surface area contributed by atoms with Crippen molar-refractivity contribution < 1.29 is 0 Å². The van der Waals surface area contributed by atoms with Crippen LogP contribution in [0, 0.1) is 11.8 Å². The van der Waals surface area contributed by atoms with Gasteiger partial charge in [0.2, 0.25) is 0 Å². The number of nitrogens with zero attached hydrogens (tertiary/aromatic N) is 2. The maximum Gasteiger partial charge on any atom is 0.0722 e. The second kappa shape index (κ2) is 5.18. The fraction of sp³-hybridized carbons (Fsp3) is 0.615. The maximum atomic E-state index is 4.52. The Labute approximate surface area is 98.2 Å². The SMILES string of the molecule is CC#CCNCc1cn(C)nc1C(C)(C)C. The fourth-order valence-corrected chi connectivity index (χ4v) is 1.65. The number of rotatable bonds is 3. The molecule has 1 N–H and O–H groups in total. The molecule has 3 nitrogen and oxygen atoms in total. The molecule has 0 aromatic carbocycles. The predicted octanol–water partition coefficient (Wildman–Crippen LogP) is 1.83. The smallest absolute Gasteiger partial charge is 0.0722 e. The molecule has 3 heteroatoms. The summed E-state index contributed by atoms with van der Waals surface area (Å²) in [6.07, 6.45) is 2.08. The lowest BCUT2D eigenvalue weighted by molar-refractivity contribution is 0.545. The first-order valence-electron chi connectivity index (χ1n) is 5.58. The van der Waals surface area contributed by atoms with Gasteiger partial charge < -0.3 is 5.32 Å². The van der Waals surface area contributed by atoms with Crippen LogP contribution in [0.25, 0.3) is 0 Å². The lowest BCUT2D eigenvalue weighted by Crippen LogP contribution is -2.19. The Morgan fingerprint density at radius 1 is 1.44 bits per heavy atom. The van der Waals surface area contributed by atoms with Crippen LogP contribution >= 0.6 is 0 Å². The highest BCUT2D eigenvalue weighted by atomic mass is 15.3. The third-order valence-corrected chi connectivity index (χ3v) is 2.32. The molecule has 0 unspecified atom stereocenters. The van der Waals surface area contributed by atoms with E-state index in [4.69, 9.17) is 0 Å². The summed E-state index contributed by atoms with van der Waals surface area (Å²) >= 11 is 0. The van der Waals surface area contributed by atoms with Crippen LogP contribution in [0.3, 0.4) is 0 Å². The number of aryl methyl sites for hydroxylation is 1. The molecule has 1 aromatic heterocycles. The van der Waals surface area contributed by atoms with Gasteiger partial charge in [-0.15, -0.1) is 5.92 Å². The summed E-state index contributed by atoms with van der Waals surface area (Å²) in [6.45, 7) is 9.97. The van der Waals surface area contributed by atoms with Crippen molar-refractivity contribution >= 4 is 0 Å². The summed E-state index contributed by atoms with van der Waals surface area (Å²) in [6, 6.07) is 0. The molecule has 1 aromatic rings. The third kappa shape index (κ3) is 3.39. The van der Waals surface area contributed by atoms with Crippen molar-refractivity contribution in [2.45, 2.75) is 39.7 Å². The van der Waals surface area contributed by atoms with Gasteiger partial charge in [-0.2, -0.15) is 5.10 Å². The quantitative estimate of drug-likeness (QED) is 0.621. The van der Waals surface area contributed by atoms with Gasteiger partial charge in [-0.25, -0.2) is 0 Å². The van der Waals surface area contributed by atoms with E-state index >= 15 is 0 Å². The largest absolute Gasteiger partial charge is 0.302 e. The molecular weight excluding hydrogens is 198 g/mol. The highest BCUT2D eigenvalue weighted by molar-refractivity contribution is 5.24. The van der Waals surface area contributed by atoms with E-state index in [2.05, 4.69) is 49.2 Å². The molecule has 0 spiro atoms. The van der Waals surface area contributed by atoms with E-state index in [0.717, 1.165) is 18.8 Å². The average molecular weight is 219 g/mol. The molecule has 0 aliphatic heterocycles. The monoisotopic (exact) mass is 219 g/mol. The van der Waals surface area contributed by atoms with Crippen molar-refractivity contribution in [2.24, 2.45) is 7.05 Å². The summed E-state index contributed by atoms with van der Waals surface area (Å²) in [5, 5.41) is 7.82. The summed E-state index contributed by atoms with van der Waals surface area (Å²) < 4.78 is 1.88. The van der Waals surface area contributed by atoms with Crippen LogP contribution < -0.4 is 5.32 Å². The first kappa shape index (κ1) is 12.8. The summed E-state index contributed by atoms with van der Waals surface area (Å²) in [5.41, 5.74) is 2.51. The van der Waals surface area contributed by atoms with Gasteiger partial charge in [0.1, 0.15) is 0 Å². The van der Waals surface area contributed by atoms with Gasteiger partial charge in [-0.3, -0.25) is 4.68 Å². The van der Waals surface area contributed by atoms with Crippen LogP contribution in [0.2, 0.25) is 0 Å². The molecule has 88 valence electrons. The van der Waals surface area contributed by atoms with Crippen molar-refractivity contribution in [3.63, 3.8) is 0 Å². The highest BCUT2D eigenvalue weighted by Crippen LogP contribution is 2.23. The van der Waals surface area contributed by atoms with Gasteiger partial charge >= 0.3 is 0 Å². The standard InChI is InChI=1S/C13H21N3/c1-6-7-8-14-9-11-10-16(5)15-12(11)13(2,3)4/h10,14H,8-9H2,1-5H3. The summed E-state index contributed by atoms with van der Waals surface area (Å²) in [7, 11) is 1.96. The molecule has 1 rings (SSSR count). The molecule has 1 heterocycles. The second-order valence-electron chi connectivity index (χ2n) is 4.96. The Hall–Kier alpha value is -1.27. The number of hydrogen-bond acceptors (Lipinski definition) is 2. The zero-order chi connectivity index (χ0) is 12.2. The zero-order valence-corrected chi connectivity index (χ0v) is 10.9. The fourth-order valence-electron chi connectivity index (χ4n) is 1.65. The molecule has 0 amide bonds. The Bertz CT molecular complexity index is 399. The first-order chi connectivity index (χ1) is 7.45. The van der Waals surface area contributed by atoms with Crippen LogP contribution in [0.5, 0.6) is 0 Å². The number of aromatic nitrogens is 2. The second-order valence-corrected chi connectivity index (χ2v) is 4.96. The van der Waals surface area contributed by atoms with E-state index < -0.39 is 0 Å². The van der Waals surface area contributed by atoms with E-state index in [0.29, 0.717) is 0 Å². The zero-order valence-electron chi connectivity index (χ0n) is 10.9. The molecule has 0 saturated heterocycles. The van der Waals surface area contributed by atoms with E-state index in [9.17, 15) is 0 Å². The lowest BCUT2D eigenvalue weighted by Gasteiger charge is -2.17. The first-order valence-corrected chi connectivity index (χ1v) is 5.58. The lowest BCUT2D eigenvalue weighted by atomic mass is 9.89. The van der Waals surface area contributed by atoms with Gasteiger partial charge in [-0.1, -0.05) is 26.7 Å². The number of nitrogens with one attached hydrogen (secondary N) is 1. The van der Waals surface area contributed by atoms with Crippen LogP contribution in [-0.4, -0.2) is 16.3 Å². The molecule has 0 atom stereocenters. The van der Waals surface area contributed by atoms with Gasteiger partial charge in [0.15, 0.2) is 0 Å². The van der Waals surface area contributed by atoms with E-state index in [-0.39, 0.29) is 5.41 Å². The molecule has 0 bridgehead atoms. The molecule has 0 fully saturated rings. The maximum absolute atomic E-state index is 4.52. The average Bonchev–Trinajstić information content (AvgIpc) is 2.54. The Morgan fingerprint density at radius 3 is 2.69 bits per heavy atom. The van der Waals surface area contributed by atoms with Gasteiger partial charge in [0.25, 0.3) is 0 Å². The van der Waals surface area contributed by atoms with Crippen LogP contribution in [-0.2, 0) is 19.0 Å². The predicted molar refractivity (Wildman–Crippen MR) is 67.1 cm³/mol. The van der Waals surface area contributed by atoms with Crippen LogP contribution in [0.1, 0.15) is 39.0 Å². The van der Waals surface area contributed by atoms with Gasteiger partial charge in [-0.05, 0) is 6.92 Å². The van der Waals surface area contributed by atoms with E-state index in [1.165, 1.54) is 5.56 Å². The molecule has 0 radical (unpaired) electrons. The Balaban J connectivity index is 2.74. The molecular formula is C13H21N3. The minimum atomic E-state index is 0.0920. The van der Waals surface area contributed by atoms with Crippen LogP contribution in [0.4, 0.5) is 0 Å². The normalized spacial score (nSPS) is 11.1. The summed E-state index contributed by atoms with van der Waals surface area (Å²) in [5.74, 6) is 5.87. The van der Waals surface area contributed by atoms with Crippen molar-refractivity contribution in [3.8, 4) is 11.8 Å². The van der Waals surface area contributed by atoms with Gasteiger partial charge in [0, 0.05) is 30.8 Å². The number of hydrogen-bond donors (Lipinski definition) is 1. The minimum Gasteiger partial charge on any atom is -0.302 e. The minimum absolute atomic E-state index is 0.0920. The van der Waals surface area contributed by atoms with Crippen molar-refractivity contribution in [3.05, 3.63) is 17.5 Å². The summed E-state index contributed by atoms with van der Waals surface area (Å²) in [4.78, 5) is 0. The van der Waals surface area contributed by atoms with Gasteiger partial charge in [0.05, 0.1) is 12.2 Å². The van der Waals surface area contributed by atoms with Crippen molar-refractivity contribution in [1.82, 2.24) is 15.1 Å². The Kier molecular flexibility index (Phi) is 4.14. The van der Waals surface area contributed by atoms with E-state index in [1.54, 1.807) is 0 Å². The van der Waals surface area contributed by atoms with Crippen molar-refractivity contribution in [2.75, 3.05) is 6.54 Å². The highest BCUT2D eigenvalue weighted by Gasteiger charge is 2.21. The molecule has 16 heavy (non-hydrogen) atoms. The topological polar surface area (TPSA) is 29.9 Å².